The maximum atomic E-state index is 13.7. The number of benzene rings is 2. The van der Waals surface area contributed by atoms with Crippen LogP contribution in [0.5, 0.6) is 0 Å². The van der Waals surface area contributed by atoms with Gasteiger partial charge in [0.05, 0.1) is 6.04 Å². The first-order valence-corrected chi connectivity index (χ1v) is 5.71. The summed E-state index contributed by atoms with van der Waals surface area (Å²) in [7, 11) is 1.33. The minimum Gasteiger partial charge on any atom is -0.309 e. The molecule has 6 heteroatoms. The second kappa shape index (κ2) is 5.58. The first kappa shape index (κ1) is 14.5. The van der Waals surface area contributed by atoms with Gasteiger partial charge in [0.25, 0.3) is 0 Å². The molecule has 0 spiro atoms. The van der Waals surface area contributed by atoms with E-state index < -0.39 is 40.7 Å². The molecular formula is C14H10F5N. The Bertz CT molecular complexity index is 618. The molecule has 0 bridgehead atoms. The summed E-state index contributed by atoms with van der Waals surface area (Å²) in [5.74, 6) is -5.78. The minimum atomic E-state index is -1.27. The summed E-state index contributed by atoms with van der Waals surface area (Å²) in [6.45, 7) is 0. The lowest BCUT2D eigenvalue weighted by Gasteiger charge is -2.19. The largest absolute Gasteiger partial charge is 0.309 e. The van der Waals surface area contributed by atoms with Crippen LogP contribution in [0.2, 0.25) is 0 Å². The van der Waals surface area contributed by atoms with E-state index in [9.17, 15) is 22.0 Å². The summed E-state index contributed by atoms with van der Waals surface area (Å²) >= 11 is 0. The summed E-state index contributed by atoms with van der Waals surface area (Å²) < 4.78 is 67.3. The van der Waals surface area contributed by atoms with Crippen LogP contribution in [0.15, 0.2) is 30.3 Å². The van der Waals surface area contributed by atoms with Crippen LogP contribution in [0.25, 0.3) is 0 Å². The van der Waals surface area contributed by atoms with E-state index in [-0.39, 0.29) is 5.56 Å². The molecule has 0 aliphatic heterocycles. The molecule has 0 aliphatic rings. The van der Waals surface area contributed by atoms with Gasteiger partial charge in [-0.3, -0.25) is 0 Å². The molecule has 1 atom stereocenters. The van der Waals surface area contributed by atoms with Gasteiger partial charge in [-0.15, -0.1) is 0 Å². The van der Waals surface area contributed by atoms with Crippen molar-refractivity contribution in [2.24, 2.45) is 0 Å². The second-order valence-electron chi connectivity index (χ2n) is 4.15. The van der Waals surface area contributed by atoms with Gasteiger partial charge in [-0.1, -0.05) is 12.1 Å². The Labute approximate surface area is 112 Å². The molecule has 0 aliphatic carbocycles. The fourth-order valence-corrected chi connectivity index (χ4v) is 2.03. The summed E-state index contributed by atoms with van der Waals surface area (Å²) in [6, 6.07) is 3.01. The molecule has 0 saturated carbocycles. The third-order valence-electron chi connectivity index (χ3n) is 2.91. The molecule has 106 valence electrons. The van der Waals surface area contributed by atoms with E-state index in [2.05, 4.69) is 5.32 Å². The average Bonchev–Trinajstić information content (AvgIpc) is 2.37. The van der Waals surface area contributed by atoms with E-state index in [0.717, 1.165) is 6.07 Å². The van der Waals surface area contributed by atoms with Crippen LogP contribution < -0.4 is 5.32 Å². The number of halogens is 5. The van der Waals surface area contributed by atoms with Crippen LogP contribution in [0.4, 0.5) is 22.0 Å². The van der Waals surface area contributed by atoms with Crippen molar-refractivity contribution < 1.29 is 22.0 Å². The Kier molecular flexibility index (Phi) is 4.04. The zero-order chi connectivity index (χ0) is 14.9. The Balaban J connectivity index is 2.62. The molecule has 1 nitrogen and oxygen atoms in total. The molecule has 1 unspecified atom stereocenters. The van der Waals surface area contributed by atoms with Crippen LogP contribution >= 0.6 is 0 Å². The predicted octanol–water partition coefficient (Wildman–Crippen LogP) is 3.69. The van der Waals surface area contributed by atoms with E-state index in [0.29, 0.717) is 12.1 Å². The van der Waals surface area contributed by atoms with E-state index >= 15 is 0 Å². The highest BCUT2D eigenvalue weighted by molar-refractivity contribution is 5.35. The van der Waals surface area contributed by atoms with E-state index in [1.54, 1.807) is 0 Å². The summed E-state index contributed by atoms with van der Waals surface area (Å²) in [5.41, 5.74) is -0.838. The van der Waals surface area contributed by atoms with Crippen molar-refractivity contribution in [3.05, 3.63) is 70.5 Å². The van der Waals surface area contributed by atoms with Crippen molar-refractivity contribution in [1.82, 2.24) is 5.32 Å². The van der Waals surface area contributed by atoms with Gasteiger partial charge in [-0.25, -0.2) is 22.0 Å². The van der Waals surface area contributed by atoms with E-state index in [1.807, 2.05) is 0 Å². The van der Waals surface area contributed by atoms with Gasteiger partial charge in [0, 0.05) is 23.3 Å². The third-order valence-corrected chi connectivity index (χ3v) is 2.91. The normalized spacial score (nSPS) is 12.5. The molecule has 1 N–H and O–H groups in total. The zero-order valence-corrected chi connectivity index (χ0v) is 10.4. The molecule has 0 fully saturated rings. The molecule has 2 aromatic rings. The van der Waals surface area contributed by atoms with Crippen LogP contribution in [0, 0.1) is 29.1 Å². The first-order valence-electron chi connectivity index (χ1n) is 5.71. The fraction of sp³-hybridized carbons (Fsp3) is 0.143. The molecule has 0 amide bonds. The lowest BCUT2D eigenvalue weighted by molar-refractivity contribution is 0.468. The summed E-state index contributed by atoms with van der Waals surface area (Å²) in [4.78, 5) is 0. The maximum Gasteiger partial charge on any atom is 0.163 e. The van der Waals surface area contributed by atoms with Gasteiger partial charge in [-0.2, -0.15) is 0 Å². The Hall–Kier alpha value is -1.95. The molecule has 0 radical (unpaired) electrons. The van der Waals surface area contributed by atoms with E-state index in [4.69, 9.17) is 0 Å². The Morgan fingerprint density at radius 2 is 1.50 bits per heavy atom. The maximum absolute atomic E-state index is 13.7. The Morgan fingerprint density at radius 1 is 0.900 bits per heavy atom. The first-order chi connectivity index (χ1) is 9.45. The third kappa shape index (κ3) is 2.51. The van der Waals surface area contributed by atoms with Crippen molar-refractivity contribution in [2.45, 2.75) is 6.04 Å². The van der Waals surface area contributed by atoms with Gasteiger partial charge in [0.2, 0.25) is 0 Å². The van der Waals surface area contributed by atoms with Gasteiger partial charge < -0.3 is 5.32 Å². The standard InChI is InChI=1S/C14H10F5N/c1-20-14(8-3-2-4-9(16)13(8)19)12-10(17)5-7(15)6-11(12)18/h2-6,14,20H,1H3. The lowest BCUT2D eigenvalue weighted by Crippen LogP contribution is -2.22. The van der Waals surface area contributed by atoms with Crippen LogP contribution in [-0.4, -0.2) is 7.05 Å². The highest BCUT2D eigenvalue weighted by atomic mass is 19.2. The number of rotatable bonds is 3. The number of nitrogens with one attached hydrogen (secondary N) is 1. The average molecular weight is 287 g/mol. The van der Waals surface area contributed by atoms with Crippen molar-refractivity contribution in [1.29, 1.82) is 0 Å². The molecule has 0 saturated heterocycles. The fourth-order valence-electron chi connectivity index (χ4n) is 2.03. The summed E-state index contributed by atoms with van der Waals surface area (Å²) in [5, 5.41) is 2.49. The topological polar surface area (TPSA) is 12.0 Å². The highest BCUT2D eigenvalue weighted by Gasteiger charge is 2.25. The summed E-state index contributed by atoms with van der Waals surface area (Å²) in [6.07, 6.45) is 0. The lowest BCUT2D eigenvalue weighted by atomic mass is 9.97. The van der Waals surface area contributed by atoms with E-state index in [1.165, 1.54) is 19.2 Å². The quantitative estimate of drug-likeness (QED) is 0.849. The van der Waals surface area contributed by atoms with Crippen LogP contribution in [0.1, 0.15) is 17.2 Å². The monoisotopic (exact) mass is 287 g/mol. The second-order valence-corrected chi connectivity index (χ2v) is 4.15. The van der Waals surface area contributed by atoms with Gasteiger partial charge in [0.15, 0.2) is 11.6 Å². The SMILES string of the molecule is CNC(c1cccc(F)c1F)c1c(F)cc(F)cc1F. The molecule has 2 rings (SSSR count). The highest BCUT2D eigenvalue weighted by Crippen LogP contribution is 2.29. The number of hydrogen-bond donors (Lipinski definition) is 1. The molecule has 0 aromatic heterocycles. The van der Waals surface area contributed by atoms with Crippen molar-refractivity contribution in [2.75, 3.05) is 7.05 Å². The minimum absolute atomic E-state index is 0.267. The molecule has 0 heterocycles. The van der Waals surface area contributed by atoms with Crippen LogP contribution in [0.3, 0.4) is 0 Å². The molecule has 20 heavy (non-hydrogen) atoms. The van der Waals surface area contributed by atoms with Crippen molar-refractivity contribution in [3.63, 3.8) is 0 Å². The molecule has 2 aromatic carbocycles. The van der Waals surface area contributed by atoms with Crippen LogP contribution in [-0.2, 0) is 0 Å². The molecular weight excluding hydrogens is 277 g/mol. The Morgan fingerprint density at radius 3 is 2.05 bits per heavy atom. The predicted molar refractivity (Wildman–Crippen MR) is 63.6 cm³/mol. The van der Waals surface area contributed by atoms with Crippen molar-refractivity contribution >= 4 is 0 Å². The van der Waals surface area contributed by atoms with Crippen molar-refractivity contribution in [3.8, 4) is 0 Å². The van der Waals surface area contributed by atoms with Gasteiger partial charge in [0.1, 0.15) is 17.5 Å². The van der Waals surface area contributed by atoms with Gasteiger partial charge in [-0.05, 0) is 13.1 Å². The number of hydrogen-bond acceptors (Lipinski definition) is 1. The van der Waals surface area contributed by atoms with Gasteiger partial charge >= 0.3 is 0 Å². The zero-order valence-electron chi connectivity index (χ0n) is 10.4. The smallest absolute Gasteiger partial charge is 0.163 e.